The van der Waals surface area contributed by atoms with E-state index in [1.165, 1.54) is 18.1 Å². The zero-order chi connectivity index (χ0) is 23.9. The molecule has 12 heteroatoms. The van der Waals surface area contributed by atoms with Gasteiger partial charge in [0.05, 0.1) is 27.2 Å². The number of fused-ring (bicyclic) bond motifs is 2. The van der Waals surface area contributed by atoms with Crippen LogP contribution in [0, 0.1) is 0 Å². The maximum absolute atomic E-state index is 13.1. The van der Waals surface area contributed by atoms with E-state index in [1.54, 1.807) is 25.0 Å². The van der Waals surface area contributed by atoms with Crippen molar-refractivity contribution < 1.29 is 14.6 Å². The molecule has 172 valence electrons. The van der Waals surface area contributed by atoms with Crippen molar-refractivity contribution in [2.24, 2.45) is 5.73 Å². The van der Waals surface area contributed by atoms with Crippen molar-refractivity contribution in [3.63, 3.8) is 0 Å². The summed E-state index contributed by atoms with van der Waals surface area (Å²) in [7, 11) is 0.953. The number of carbonyl (C=O) groups excluding carboxylic acids is 2. The summed E-state index contributed by atoms with van der Waals surface area (Å²) in [5.74, 6) is -0.394. The van der Waals surface area contributed by atoms with E-state index in [0.29, 0.717) is 48.1 Å². The van der Waals surface area contributed by atoms with Gasteiger partial charge in [-0.05, 0) is 58.0 Å². The van der Waals surface area contributed by atoms with Gasteiger partial charge in [0.25, 0.3) is 17.4 Å². The van der Waals surface area contributed by atoms with Crippen molar-refractivity contribution in [2.75, 3.05) is 20.1 Å². The van der Waals surface area contributed by atoms with Crippen molar-refractivity contribution in [3.05, 3.63) is 50.9 Å². The molecule has 4 heterocycles. The fourth-order valence-electron chi connectivity index (χ4n) is 4.41. The Kier molecular flexibility index (Phi) is 6.40. The zero-order valence-electron chi connectivity index (χ0n) is 18.3. The molecule has 1 fully saturated rings. The summed E-state index contributed by atoms with van der Waals surface area (Å²) in [6, 6.07) is 4.54. The molecule has 2 aliphatic rings. The fourth-order valence-corrected chi connectivity index (χ4v) is 4.64. The molecule has 0 radical (unpaired) electrons. The smallest absolute Gasteiger partial charge is 0.376 e. The summed E-state index contributed by atoms with van der Waals surface area (Å²) in [6.07, 6.45) is 2.68. The number of carbonyl (C=O) groups is 2. The molecule has 0 aliphatic carbocycles. The van der Waals surface area contributed by atoms with Crippen LogP contribution in [0.2, 0.25) is 11.8 Å². The van der Waals surface area contributed by atoms with Crippen LogP contribution in [0.4, 0.5) is 0 Å². The van der Waals surface area contributed by atoms with Gasteiger partial charge < -0.3 is 25.5 Å². The molecule has 5 rings (SSSR count). The van der Waals surface area contributed by atoms with Crippen LogP contribution in [0.3, 0.4) is 0 Å². The topological polar surface area (TPSA) is 148 Å². The van der Waals surface area contributed by atoms with E-state index >= 15 is 0 Å². The first-order valence-electron chi connectivity index (χ1n) is 10.6. The van der Waals surface area contributed by atoms with Crippen LogP contribution in [0.5, 0.6) is 0 Å². The average molecular weight is 471 g/mol. The van der Waals surface area contributed by atoms with E-state index in [1.807, 2.05) is 4.81 Å². The highest BCUT2D eigenvalue weighted by Gasteiger charge is 2.42. The van der Waals surface area contributed by atoms with Crippen LogP contribution in [-0.2, 0) is 0 Å². The number of aromatic nitrogens is 3. The highest BCUT2D eigenvalue weighted by Crippen LogP contribution is 2.32. The molecule has 3 aromatic rings. The number of benzene rings is 1. The number of nitrogens with zero attached hydrogens (tertiary/aromatic N) is 3. The van der Waals surface area contributed by atoms with E-state index in [4.69, 9.17) is 11.6 Å². The molecule has 1 saturated heterocycles. The van der Waals surface area contributed by atoms with Gasteiger partial charge in [-0.1, -0.05) is 11.6 Å². The van der Waals surface area contributed by atoms with E-state index in [9.17, 15) is 19.4 Å². The minimum absolute atomic E-state index is 0.199. The van der Waals surface area contributed by atoms with Crippen molar-refractivity contribution in [1.82, 2.24) is 24.7 Å². The number of halogens is 1. The number of nitrogens with two attached hydrogens (primary N) is 1. The van der Waals surface area contributed by atoms with Crippen molar-refractivity contribution in [1.29, 1.82) is 0 Å². The van der Waals surface area contributed by atoms with Crippen molar-refractivity contribution >= 4 is 41.5 Å². The van der Waals surface area contributed by atoms with Gasteiger partial charge in [0, 0.05) is 12.2 Å². The second-order valence-corrected chi connectivity index (χ2v) is 8.32. The Bertz CT molecular complexity index is 1230. The van der Waals surface area contributed by atoms with E-state index in [0.717, 1.165) is 0 Å². The molecule has 0 atom stereocenters. The first kappa shape index (κ1) is 23.2. The number of hydrogen-bond acceptors (Lipinski definition) is 7. The SMILES string of the molecule is CB(O)N1CCC(N2C(=O)c3cc4nc(-c5c(Cl)cc[nH]c5=O)[nH]c4cc3C2=O)CC1.CN. The zero-order valence-corrected chi connectivity index (χ0v) is 19.0. The Morgan fingerprint density at radius 1 is 1.15 bits per heavy atom. The molecule has 33 heavy (non-hydrogen) atoms. The lowest BCUT2D eigenvalue weighted by molar-refractivity contribution is 0.0531. The molecule has 0 saturated carbocycles. The van der Waals surface area contributed by atoms with Gasteiger partial charge in [-0.3, -0.25) is 19.3 Å². The highest BCUT2D eigenvalue weighted by molar-refractivity contribution is 6.45. The lowest BCUT2D eigenvalue weighted by atomic mass is 9.82. The molecule has 2 aromatic heterocycles. The van der Waals surface area contributed by atoms with Gasteiger partial charge in [-0.25, -0.2) is 4.98 Å². The molecule has 0 unspecified atom stereocenters. The van der Waals surface area contributed by atoms with Crippen LogP contribution in [0.25, 0.3) is 22.4 Å². The lowest BCUT2D eigenvalue weighted by Gasteiger charge is -2.36. The van der Waals surface area contributed by atoms with Crippen LogP contribution >= 0.6 is 11.6 Å². The molecular weight excluding hydrogens is 447 g/mol. The van der Waals surface area contributed by atoms with Gasteiger partial charge in [0.2, 0.25) is 0 Å². The predicted octanol–water partition coefficient (Wildman–Crippen LogP) is 1.32. The number of piperidine rings is 1. The second-order valence-electron chi connectivity index (χ2n) is 7.91. The maximum Gasteiger partial charge on any atom is 0.376 e. The molecule has 2 amide bonds. The molecular formula is C21H24BClN6O4. The maximum atomic E-state index is 13.1. The van der Waals surface area contributed by atoms with Crippen molar-refractivity contribution in [3.8, 4) is 11.4 Å². The van der Waals surface area contributed by atoms with Crippen LogP contribution in [0.15, 0.2) is 29.2 Å². The van der Waals surface area contributed by atoms with Gasteiger partial charge in [-0.15, -0.1) is 0 Å². The number of amides is 2. The third kappa shape index (κ3) is 3.97. The van der Waals surface area contributed by atoms with Crippen LogP contribution < -0.4 is 11.3 Å². The van der Waals surface area contributed by atoms with Crippen LogP contribution in [0.1, 0.15) is 33.6 Å². The fraction of sp³-hybridized carbons (Fsp3) is 0.333. The second kappa shape index (κ2) is 9.10. The predicted molar refractivity (Wildman–Crippen MR) is 126 cm³/mol. The number of aromatic amines is 2. The summed E-state index contributed by atoms with van der Waals surface area (Å²) in [5, 5.41) is 9.98. The van der Waals surface area contributed by atoms with Crippen molar-refractivity contribution in [2.45, 2.75) is 25.7 Å². The number of imidazole rings is 1. The Labute approximate surface area is 194 Å². The summed E-state index contributed by atoms with van der Waals surface area (Å²) < 4.78 is 0. The van der Waals surface area contributed by atoms with E-state index < -0.39 is 7.05 Å². The minimum Gasteiger partial charge on any atom is -0.437 e. The normalized spacial score (nSPS) is 16.7. The summed E-state index contributed by atoms with van der Waals surface area (Å²) >= 11 is 6.16. The number of hydrogen-bond donors (Lipinski definition) is 4. The van der Waals surface area contributed by atoms with Gasteiger partial charge in [0.1, 0.15) is 11.4 Å². The van der Waals surface area contributed by atoms with E-state index in [-0.39, 0.29) is 39.8 Å². The van der Waals surface area contributed by atoms with Gasteiger partial charge >= 0.3 is 7.05 Å². The average Bonchev–Trinajstić information content (AvgIpc) is 3.32. The summed E-state index contributed by atoms with van der Waals surface area (Å²) in [4.78, 5) is 51.6. The molecule has 5 N–H and O–H groups in total. The number of H-pyrrole nitrogens is 2. The largest absolute Gasteiger partial charge is 0.437 e. The first-order chi connectivity index (χ1) is 15.8. The number of imide groups is 1. The van der Waals surface area contributed by atoms with Gasteiger partial charge in [0.15, 0.2) is 0 Å². The number of rotatable bonds is 3. The highest BCUT2D eigenvalue weighted by atomic mass is 35.5. The Balaban J connectivity index is 0.00000126. The van der Waals surface area contributed by atoms with Crippen LogP contribution in [-0.4, -0.2) is 74.7 Å². The number of pyridine rings is 1. The Morgan fingerprint density at radius 3 is 2.39 bits per heavy atom. The van der Waals surface area contributed by atoms with Gasteiger partial charge in [-0.2, -0.15) is 0 Å². The van der Waals surface area contributed by atoms with E-state index in [2.05, 4.69) is 20.7 Å². The summed E-state index contributed by atoms with van der Waals surface area (Å²) in [6.45, 7) is 2.95. The lowest BCUT2D eigenvalue weighted by Crippen LogP contribution is -2.50. The first-order valence-corrected chi connectivity index (χ1v) is 11.0. The third-order valence-corrected chi connectivity index (χ3v) is 6.37. The molecule has 2 aliphatic heterocycles. The third-order valence-electron chi connectivity index (χ3n) is 6.06. The Hall–Kier alpha value is -2.99. The quantitative estimate of drug-likeness (QED) is 0.333. The minimum atomic E-state index is -0.547. The molecule has 0 spiro atoms. The summed E-state index contributed by atoms with van der Waals surface area (Å²) in [5.41, 5.74) is 5.95. The Morgan fingerprint density at radius 2 is 1.79 bits per heavy atom. The monoisotopic (exact) mass is 470 g/mol. The standard InChI is InChI=1S/C20H19BClN5O4.CH5N/c1-21(31)26-6-3-10(4-7-26)27-19(29)11-8-14-15(9-12(11)20(27)30)25-17(24-14)16-13(22)2-5-23-18(16)28;1-2/h2,5,8-10,31H,3-4,6-7H2,1H3,(H,23,28)(H,24,25);2H2,1H3. The number of nitrogens with one attached hydrogen (secondary N) is 2. The molecule has 0 bridgehead atoms. The molecule has 1 aromatic carbocycles. The molecule has 10 nitrogen and oxygen atoms in total.